The Morgan fingerprint density at radius 2 is 2.22 bits per heavy atom. The maximum absolute atomic E-state index is 11.9. The van der Waals surface area contributed by atoms with Crippen molar-refractivity contribution in [2.24, 2.45) is 0 Å². The molecule has 6 nitrogen and oxygen atoms in total. The molecule has 0 fully saturated rings. The summed E-state index contributed by atoms with van der Waals surface area (Å²) in [7, 11) is -5.02. The molecular weight excluding hydrogens is 298 g/mol. The molecule has 9 heteroatoms. The van der Waals surface area contributed by atoms with E-state index in [1.807, 2.05) is 0 Å². The topological polar surface area (TPSA) is 101 Å². The normalized spacial score (nSPS) is 15.2. The van der Waals surface area contributed by atoms with Crippen molar-refractivity contribution in [2.45, 2.75) is 17.9 Å². The van der Waals surface area contributed by atoms with Gasteiger partial charge in [-0.25, -0.2) is 17.9 Å². The van der Waals surface area contributed by atoms with Gasteiger partial charge in [-0.05, 0) is 18.4 Å². The van der Waals surface area contributed by atoms with Gasteiger partial charge in [0.25, 0.3) is 0 Å². The molecule has 1 heterocycles. The zero-order valence-electron chi connectivity index (χ0n) is 9.74. The second-order valence-electron chi connectivity index (χ2n) is 3.68. The minimum atomic E-state index is -3.89. The molecule has 0 spiro atoms. The van der Waals surface area contributed by atoms with Crippen LogP contribution in [0.25, 0.3) is 0 Å². The zero-order valence-corrected chi connectivity index (χ0v) is 12.2. The Hall–Kier alpha value is -0.770. The number of nitrogens with one attached hydrogen (secondary N) is 1. The quantitative estimate of drug-likeness (QED) is 0.796. The van der Waals surface area contributed by atoms with Crippen molar-refractivity contribution in [1.29, 1.82) is 0 Å². The van der Waals surface area contributed by atoms with Gasteiger partial charge in [-0.15, -0.1) is 11.3 Å². The summed E-state index contributed by atoms with van der Waals surface area (Å²) in [6.07, 6.45) is 1.47. The Kier molecular flexibility index (Phi) is 5.02. The molecule has 0 aliphatic rings. The highest BCUT2D eigenvalue weighted by Crippen LogP contribution is 2.21. The van der Waals surface area contributed by atoms with E-state index in [2.05, 4.69) is 4.72 Å². The lowest BCUT2D eigenvalue weighted by atomic mass is 10.4. The number of carboxylic acids is 1. The van der Waals surface area contributed by atoms with Crippen LogP contribution in [0, 0.1) is 0 Å². The van der Waals surface area contributed by atoms with Crippen molar-refractivity contribution in [3.05, 3.63) is 16.3 Å². The maximum atomic E-state index is 11.9. The first-order chi connectivity index (χ1) is 8.24. The Balaban J connectivity index is 2.96. The molecule has 0 aliphatic heterocycles. The summed E-state index contributed by atoms with van der Waals surface area (Å²) < 4.78 is 37.2. The fraction of sp³-hybridized carbons (Fsp3) is 0.444. The second kappa shape index (κ2) is 5.91. The van der Waals surface area contributed by atoms with Gasteiger partial charge in [-0.3, -0.25) is 4.21 Å². The predicted octanol–water partition coefficient (Wildman–Crippen LogP) is 0.492. The molecule has 0 bridgehead atoms. The third-order valence-corrected chi connectivity index (χ3v) is 5.59. The highest BCUT2D eigenvalue weighted by molar-refractivity contribution is 7.90. The Morgan fingerprint density at radius 3 is 2.72 bits per heavy atom. The first-order valence-corrected chi connectivity index (χ1v) is 8.96. The average molecular weight is 311 g/mol. The van der Waals surface area contributed by atoms with E-state index in [4.69, 9.17) is 5.11 Å². The van der Waals surface area contributed by atoms with Crippen LogP contribution in [0.5, 0.6) is 0 Å². The molecule has 0 amide bonds. The molecule has 0 saturated heterocycles. The Morgan fingerprint density at radius 1 is 1.61 bits per heavy atom. The van der Waals surface area contributed by atoms with Gasteiger partial charge in [-0.1, -0.05) is 0 Å². The molecule has 18 heavy (non-hydrogen) atoms. The van der Waals surface area contributed by atoms with Crippen LogP contribution in [0.4, 0.5) is 0 Å². The molecule has 2 N–H and O–H groups in total. The van der Waals surface area contributed by atoms with Gasteiger partial charge >= 0.3 is 5.97 Å². The first kappa shape index (κ1) is 15.3. The number of rotatable bonds is 6. The van der Waals surface area contributed by atoms with Crippen LogP contribution in [0.2, 0.25) is 0 Å². The summed E-state index contributed by atoms with van der Waals surface area (Å²) in [6, 6.07) is 0.717. The number of hydrogen-bond acceptors (Lipinski definition) is 5. The standard InChI is InChI=1S/C9H13NO5S3/c1-6(5-17(2)13)10-18(14,15)7-3-4-16-8(7)9(11)12/h3-4,6,10H,5H2,1-2H3,(H,11,12). The molecule has 0 aliphatic carbocycles. The van der Waals surface area contributed by atoms with Gasteiger partial charge in [0.15, 0.2) is 0 Å². The van der Waals surface area contributed by atoms with E-state index in [9.17, 15) is 17.4 Å². The summed E-state index contributed by atoms with van der Waals surface area (Å²) in [5, 5.41) is 10.3. The molecule has 0 saturated carbocycles. The fourth-order valence-electron chi connectivity index (χ4n) is 1.38. The van der Waals surface area contributed by atoms with Crippen molar-refractivity contribution in [3.63, 3.8) is 0 Å². The Bertz CT molecular complexity index is 563. The zero-order chi connectivity index (χ0) is 13.9. The van der Waals surface area contributed by atoms with Crippen molar-refractivity contribution >= 4 is 38.1 Å². The number of aromatic carboxylic acids is 1. The van der Waals surface area contributed by atoms with Gasteiger partial charge in [0, 0.05) is 28.9 Å². The van der Waals surface area contributed by atoms with Crippen molar-refractivity contribution in [3.8, 4) is 0 Å². The molecular formula is C9H13NO5S3. The smallest absolute Gasteiger partial charge is 0.347 e. The number of carboxylic acid groups (broad SMARTS) is 1. The van der Waals surface area contributed by atoms with E-state index in [0.717, 1.165) is 11.3 Å². The van der Waals surface area contributed by atoms with E-state index in [0.29, 0.717) is 0 Å². The minimum absolute atomic E-state index is 0.172. The highest BCUT2D eigenvalue weighted by atomic mass is 32.2. The summed E-state index contributed by atoms with van der Waals surface area (Å²) in [5.41, 5.74) is 0. The number of hydrogen-bond donors (Lipinski definition) is 2. The predicted molar refractivity (Wildman–Crippen MR) is 70.0 cm³/mol. The summed E-state index contributed by atoms with van der Waals surface area (Å²) in [5.74, 6) is -1.11. The van der Waals surface area contributed by atoms with Crippen LogP contribution in [-0.2, 0) is 20.8 Å². The fourth-order valence-corrected chi connectivity index (χ4v) is 4.78. The van der Waals surface area contributed by atoms with Crippen LogP contribution < -0.4 is 4.72 Å². The highest BCUT2D eigenvalue weighted by Gasteiger charge is 2.25. The van der Waals surface area contributed by atoms with E-state index in [-0.39, 0.29) is 15.5 Å². The van der Waals surface area contributed by atoms with Crippen molar-refractivity contribution in [1.82, 2.24) is 4.72 Å². The Labute approximate surface area is 112 Å². The van der Waals surface area contributed by atoms with Gasteiger partial charge in [0.1, 0.15) is 9.77 Å². The van der Waals surface area contributed by atoms with Crippen molar-refractivity contribution in [2.75, 3.05) is 12.0 Å². The maximum Gasteiger partial charge on any atom is 0.347 e. The van der Waals surface area contributed by atoms with Gasteiger partial charge < -0.3 is 5.11 Å². The van der Waals surface area contributed by atoms with E-state index in [1.54, 1.807) is 6.92 Å². The van der Waals surface area contributed by atoms with Crippen LogP contribution in [0.3, 0.4) is 0 Å². The molecule has 2 unspecified atom stereocenters. The van der Waals surface area contributed by atoms with E-state index < -0.39 is 32.8 Å². The van der Waals surface area contributed by atoms with Crippen LogP contribution in [-0.4, -0.2) is 41.8 Å². The minimum Gasteiger partial charge on any atom is -0.477 e. The van der Waals surface area contributed by atoms with Crippen LogP contribution in [0.15, 0.2) is 16.3 Å². The molecule has 1 rings (SSSR count). The number of sulfonamides is 1. The third kappa shape index (κ3) is 3.87. The van der Waals surface area contributed by atoms with Gasteiger partial charge in [0.05, 0.1) is 0 Å². The van der Waals surface area contributed by atoms with Crippen molar-refractivity contribution < 1.29 is 22.5 Å². The summed E-state index contributed by atoms with van der Waals surface area (Å²) >= 11 is 0.847. The lowest BCUT2D eigenvalue weighted by Gasteiger charge is -2.12. The monoisotopic (exact) mass is 311 g/mol. The molecule has 102 valence electrons. The molecule has 0 radical (unpaired) electrons. The molecule has 1 aromatic heterocycles. The van der Waals surface area contributed by atoms with Crippen LogP contribution in [0.1, 0.15) is 16.6 Å². The lowest BCUT2D eigenvalue weighted by molar-refractivity contribution is 0.0698. The SMILES string of the molecule is CC(CS(C)=O)NS(=O)(=O)c1ccsc1C(=O)O. The number of carbonyl (C=O) groups is 1. The van der Waals surface area contributed by atoms with E-state index in [1.165, 1.54) is 17.7 Å². The largest absolute Gasteiger partial charge is 0.477 e. The van der Waals surface area contributed by atoms with Gasteiger partial charge in [0.2, 0.25) is 10.0 Å². The summed E-state index contributed by atoms with van der Waals surface area (Å²) in [4.78, 5) is 10.4. The molecule has 1 aromatic rings. The lowest BCUT2D eigenvalue weighted by Crippen LogP contribution is -2.36. The summed E-state index contributed by atoms with van der Waals surface area (Å²) in [6.45, 7) is 1.58. The molecule has 2 atom stereocenters. The second-order valence-corrected chi connectivity index (χ2v) is 7.76. The number of thiophene rings is 1. The molecule has 0 aromatic carbocycles. The van der Waals surface area contributed by atoms with Crippen LogP contribution >= 0.6 is 11.3 Å². The average Bonchev–Trinajstić information content (AvgIpc) is 2.63. The van der Waals surface area contributed by atoms with Gasteiger partial charge in [-0.2, -0.15) is 0 Å². The third-order valence-electron chi connectivity index (χ3n) is 1.95. The van der Waals surface area contributed by atoms with E-state index >= 15 is 0 Å². The first-order valence-electron chi connectivity index (χ1n) is 4.87.